The monoisotopic (exact) mass is 687 g/mol. The number of hydrogen-bond donors (Lipinski definition) is 3. The van der Waals surface area contributed by atoms with E-state index in [0.29, 0.717) is 19.4 Å². The molecule has 278 valence electrons. The summed E-state index contributed by atoms with van der Waals surface area (Å²) in [6.45, 7) is 19.4. The Balaban J connectivity index is 3.25. The van der Waals surface area contributed by atoms with E-state index >= 15 is 0 Å². The Morgan fingerprint density at radius 1 is 0.612 bits per heavy atom. The molecule has 5 atom stereocenters. The summed E-state index contributed by atoms with van der Waals surface area (Å²) in [6.07, 6.45) is 1.28. The zero-order chi connectivity index (χ0) is 37.7. The number of nitrogens with one attached hydrogen (secondary N) is 3. The molecule has 3 N–H and O–H groups in total. The van der Waals surface area contributed by atoms with Gasteiger partial charge in [0.05, 0.1) is 6.04 Å². The lowest BCUT2D eigenvalue weighted by molar-refractivity contribution is -0.155. The number of nitrogens with zero attached hydrogens (tertiary/aromatic N) is 3. The molecule has 0 aromatic heterocycles. The van der Waals surface area contributed by atoms with Crippen molar-refractivity contribution in [3.8, 4) is 0 Å². The van der Waals surface area contributed by atoms with Gasteiger partial charge in [0.1, 0.15) is 24.2 Å². The molecule has 0 aliphatic heterocycles. The van der Waals surface area contributed by atoms with Crippen LogP contribution in [0.25, 0.3) is 0 Å². The van der Waals surface area contributed by atoms with E-state index in [1.54, 1.807) is 28.2 Å². The molecule has 0 aliphatic rings. The van der Waals surface area contributed by atoms with Gasteiger partial charge in [-0.15, -0.1) is 0 Å². The van der Waals surface area contributed by atoms with E-state index in [0.717, 1.165) is 5.56 Å². The van der Waals surface area contributed by atoms with E-state index in [1.165, 1.54) is 14.7 Å². The number of benzene rings is 1. The van der Waals surface area contributed by atoms with Crippen molar-refractivity contribution < 1.29 is 24.0 Å². The van der Waals surface area contributed by atoms with Crippen LogP contribution in [-0.4, -0.2) is 109 Å². The molecule has 0 spiro atoms. The molecule has 0 saturated heterocycles. The standard InChI is InChI=1S/C38H66N6O5/c1-23(2)22-29(39-11)34(45)41-30(24(3)4)36(47)43(13)32(26(7)8)38(49)44(14)33(27(9)10)37(48)42(12)31(25(5)6)35(46)40-21-20-28-18-16-15-17-19-28/h15-19,23-27,29-33,39H,20-22H2,1-14H3,(H,40,46)(H,41,45)/t29-,30-,31-,32-,33-/m0/s1. The first-order valence-electron chi connectivity index (χ1n) is 17.9. The molecule has 1 aromatic rings. The summed E-state index contributed by atoms with van der Waals surface area (Å²) in [7, 11) is 6.50. The summed E-state index contributed by atoms with van der Waals surface area (Å²) in [5.74, 6) is -2.35. The van der Waals surface area contributed by atoms with Gasteiger partial charge in [-0.1, -0.05) is 99.6 Å². The maximum atomic E-state index is 14.3. The Labute approximate surface area is 296 Å². The fourth-order valence-electron chi connectivity index (χ4n) is 6.44. The second-order valence-electron chi connectivity index (χ2n) is 15.1. The van der Waals surface area contributed by atoms with Crippen LogP contribution in [0, 0.1) is 29.6 Å². The Bertz CT molecular complexity index is 1220. The van der Waals surface area contributed by atoms with Gasteiger partial charge in [-0.25, -0.2) is 0 Å². The number of carbonyl (C=O) groups is 5. The first-order valence-corrected chi connectivity index (χ1v) is 17.9. The van der Waals surface area contributed by atoms with E-state index in [1.807, 2.05) is 99.6 Å². The summed E-state index contributed by atoms with van der Waals surface area (Å²) in [5, 5.41) is 8.96. The fraction of sp³-hybridized carbons (Fsp3) is 0.711. The van der Waals surface area contributed by atoms with Crippen molar-refractivity contribution in [2.24, 2.45) is 29.6 Å². The third-order valence-electron chi connectivity index (χ3n) is 9.12. The van der Waals surface area contributed by atoms with Gasteiger partial charge in [-0.2, -0.15) is 0 Å². The van der Waals surface area contributed by atoms with Crippen LogP contribution >= 0.6 is 0 Å². The quantitative estimate of drug-likeness (QED) is 0.204. The van der Waals surface area contributed by atoms with Crippen LogP contribution in [0.5, 0.6) is 0 Å². The molecule has 0 fully saturated rings. The zero-order valence-corrected chi connectivity index (χ0v) is 32.7. The first-order chi connectivity index (χ1) is 22.8. The molecule has 1 aromatic carbocycles. The van der Waals surface area contributed by atoms with Crippen molar-refractivity contribution in [1.82, 2.24) is 30.7 Å². The molecule has 0 bridgehead atoms. The molecule has 11 heteroatoms. The SMILES string of the molecule is CN[C@@H](CC(C)C)C(=O)N[C@H](C(=O)N(C)[C@H](C(=O)N(C)[C@H](C(=O)N(C)[C@H](C(=O)NCCc1ccccc1)C(C)C)C(C)C)C(C)C)C(C)C. The average molecular weight is 687 g/mol. The molecule has 0 saturated carbocycles. The molecule has 0 heterocycles. The highest BCUT2D eigenvalue weighted by atomic mass is 16.2. The third-order valence-corrected chi connectivity index (χ3v) is 9.12. The van der Waals surface area contributed by atoms with E-state index in [9.17, 15) is 24.0 Å². The van der Waals surface area contributed by atoms with Crippen LogP contribution in [0.15, 0.2) is 30.3 Å². The summed E-state index contributed by atoms with van der Waals surface area (Å²) in [6, 6.07) is 6.04. The number of carbonyl (C=O) groups excluding carboxylic acids is 5. The van der Waals surface area contributed by atoms with Crippen molar-refractivity contribution >= 4 is 29.5 Å². The van der Waals surface area contributed by atoms with Crippen molar-refractivity contribution in [3.05, 3.63) is 35.9 Å². The van der Waals surface area contributed by atoms with Crippen molar-refractivity contribution in [2.75, 3.05) is 34.7 Å². The highest BCUT2D eigenvalue weighted by molar-refractivity contribution is 5.96. The maximum absolute atomic E-state index is 14.3. The van der Waals surface area contributed by atoms with Crippen LogP contribution in [0.1, 0.15) is 81.2 Å². The van der Waals surface area contributed by atoms with E-state index in [-0.39, 0.29) is 59.1 Å². The lowest BCUT2D eigenvalue weighted by Gasteiger charge is -2.41. The van der Waals surface area contributed by atoms with Gasteiger partial charge in [-0.05, 0) is 55.0 Å². The smallest absolute Gasteiger partial charge is 0.246 e. The summed E-state index contributed by atoms with van der Waals surface area (Å²) < 4.78 is 0. The van der Waals surface area contributed by atoms with Gasteiger partial charge in [0.25, 0.3) is 0 Å². The van der Waals surface area contributed by atoms with E-state index in [4.69, 9.17) is 0 Å². The highest BCUT2D eigenvalue weighted by Gasteiger charge is 2.42. The average Bonchev–Trinajstić information content (AvgIpc) is 3.01. The predicted molar refractivity (Wildman–Crippen MR) is 196 cm³/mol. The Morgan fingerprint density at radius 3 is 1.47 bits per heavy atom. The number of likely N-dealkylation sites (N-methyl/N-ethyl adjacent to an activating group) is 4. The molecule has 11 nitrogen and oxygen atoms in total. The summed E-state index contributed by atoms with van der Waals surface area (Å²) >= 11 is 0. The van der Waals surface area contributed by atoms with Crippen LogP contribution in [0.4, 0.5) is 0 Å². The summed E-state index contributed by atoms with van der Waals surface area (Å²) in [4.78, 5) is 73.4. The molecule has 1 rings (SSSR count). The van der Waals surface area contributed by atoms with Crippen molar-refractivity contribution in [2.45, 2.75) is 112 Å². The minimum atomic E-state index is -0.895. The van der Waals surface area contributed by atoms with Crippen LogP contribution in [-0.2, 0) is 30.4 Å². The van der Waals surface area contributed by atoms with Gasteiger partial charge in [0.15, 0.2) is 0 Å². The number of amides is 5. The molecular formula is C38H66N6O5. The largest absolute Gasteiger partial charge is 0.354 e. The lowest BCUT2D eigenvalue weighted by atomic mass is 9.94. The molecule has 0 radical (unpaired) electrons. The number of hydrogen-bond acceptors (Lipinski definition) is 6. The van der Waals surface area contributed by atoms with E-state index < -0.39 is 30.2 Å². The van der Waals surface area contributed by atoms with Crippen LogP contribution < -0.4 is 16.0 Å². The van der Waals surface area contributed by atoms with Gasteiger partial charge < -0.3 is 30.7 Å². The second-order valence-corrected chi connectivity index (χ2v) is 15.1. The van der Waals surface area contributed by atoms with Crippen LogP contribution in [0.3, 0.4) is 0 Å². The Kier molecular flexibility index (Phi) is 18.0. The number of rotatable bonds is 19. The topological polar surface area (TPSA) is 131 Å². The van der Waals surface area contributed by atoms with E-state index in [2.05, 4.69) is 16.0 Å². The van der Waals surface area contributed by atoms with Gasteiger partial charge >= 0.3 is 0 Å². The molecule has 5 amide bonds. The predicted octanol–water partition coefficient (Wildman–Crippen LogP) is 3.57. The minimum absolute atomic E-state index is 0.183. The van der Waals surface area contributed by atoms with Gasteiger partial charge in [0, 0.05) is 27.7 Å². The lowest BCUT2D eigenvalue weighted by Crippen LogP contribution is -2.62. The summed E-state index contributed by atoms with van der Waals surface area (Å²) in [5.41, 5.74) is 1.10. The van der Waals surface area contributed by atoms with Crippen LogP contribution in [0.2, 0.25) is 0 Å². The molecule has 0 aliphatic carbocycles. The molecule has 0 unspecified atom stereocenters. The Hall–Kier alpha value is -3.47. The normalized spacial score (nSPS) is 14.8. The first kappa shape index (κ1) is 43.6. The fourth-order valence-corrected chi connectivity index (χ4v) is 6.44. The van der Waals surface area contributed by atoms with Crippen molar-refractivity contribution in [1.29, 1.82) is 0 Å². The minimum Gasteiger partial charge on any atom is -0.354 e. The van der Waals surface area contributed by atoms with Gasteiger partial charge in [-0.3, -0.25) is 24.0 Å². The van der Waals surface area contributed by atoms with Gasteiger partial charge in [0.2, 0.25) is 29.5 Å². The highest BCUT2D eigenvalue weighted by Crippen LogP contribution is 2.22. The molecular weight excluding hydrogens is 620 g/mol. The maximum Gasteiger partial charge on any atom is 0.246 e. The second kappa shape index (κ2) is 20.3. The Morgan fingerprint density at radius 2 is 1.06 bits per heavy atom. The van der Waals surface area contributed by atoms with Crippen molar-refractivity contribution in [3.63, 3.8) is 0 Å². The third kappa shape index (κ3) is 12.4. The molecule has 49 heavy (non-hydrogen) atoms. The zero-order valence-electron chi connectivity index (χ0n) is 32.7.